The second-order valence-electron chi connectivity index (χ2n) is 6.00. The fourth-order valence-electron chi connectivity index (χ4n) is 2.70. The zero-order valence-electron chi connectivity index (χ0n) is 15.3. The van der Waals surface area contributed by atoms with Crippen molar-refractivity contribution in [1.82, 2.24) is 5.32 Å². The molecule has 1 atom stereocenters. The number of hydrogen-bond donors (Lipinski definition) is 2. The van der Waals surface area contributed by atoms with Crippen LogP contribution in [0.15, 0.2) is 54.6 Å². The normalized spacial score (nSPS) is 11.5. The third-order valence-corrected chi connectivity index (χ3v) is 4.09. The molecule has 0 heterocycles. The van der Waals surface area contributed by atoms with Crippen LogP contribution < -0.4 is 15.4 Å². The van der Waals surface area contributed by atoms with Crippen molar-refractivity contribution in [2.75, 3.05) is 18.5 Å². The lowest BCUT2D eigenvalue weighted by Crippen LogP contribution is -2.33. The van der Waals surface area contributed by atoms with E-state index >= 15 is 0 Å². The number of carbonyl (C=O) groups is 2. The van der Waals surface area contributed by atoms with Crippen LogP contribution in [0.1, 0.15) is 38.2 Å². The van der Waals surface area contributed by atoms with Crippen molar-refractivity contribution in [2.24, 2.45) is 0 Å². The number of hydrogen-bond acceptors (Lipinski definition) is 3. The minimum atomic E-state index is -0.254. The zero-order valence-corrected chi connectivity index (χ0v) is 15.3. The zero-order chi connectivity index (χ0) is 18.8. The van der Waals surface area contributed by atoms with Gasteiger partial charge < -0.3 is 15.4 Å². The summed E-state index contributed by atoms with van der Waals surface area (Å²) in [5.74, 6) is 0.536. The van der Waals surface area contributed by atoms with Gasteiger partial charge in [-0.1, -0.05) is 37.3 Å². The van der Waals surface area contributed by atoms with Crippen LogP contribution in [0.4, 0.5) is 5.69 Å². The highest BCUT2D eigenvalue weighted by atomic mass is 16.5. The number of ether oxygens (including phenoxy) is 1. The highest BCUT2D eigenvalue weighted by molar-refractivity contribution is 5.94. The van der Waals surface area contributed by atoms with Gasteiger partial charge in [-0.15, -0.1) is 0 Å². The van der Waals surface area contributed by atoms with E-state index in [1.807, 2.05) is 37.3 Å². The summed E-state index contributed by atoms with van der Waals surface area (Å²) in [6, 6.07) is 17.1. The molecule has 2 aromatic rings. The molecular weight excluding hydrogens is 328 g/mol. The molecule has 0 radical (unpaired) electrons. The van der Waals surface area contributed by atoms with E-state index < -0.39 is 0 Å². The molecule has 0 aliphatic heterocycles. The maximum atomic E-state index is 12.2. The molecule has 2 amide bonds. The Balaban J connectivity index is 1.78. The van der Waals surface area contributed by atoms with Gasteiger partial charge in [0.15, 0.2) is 0 Å². The first-order chi connectivity index (χ1) is 12.6. The molecular formula is C21H26N2O3. The predicted molar refractivity (Wildman–Crippen MR) is 103 cm³/mol. The van der Waals surface area contributed by atoms with E-state index in [0.717, 1.165) is 17.7 Å². The summed E-state index contributed by atoms with van der Waals surface area (Å²) in [5.41, 5.74) is 1.81. The summed E-state index contributed by atoms with van der Waals surface area (Å²) < 4.78 is 5.36. The molecule has 138 valence electrons. The molecule has 5 nitrogen and oxygen atoms in total. The van der Waals surface area contributed by atoms with Gasteiger partial charge in [0, 0.05) is 12.1 Å². The minimum Gasteiger partial charge on any atom is -0.494 e. The van der Waals surface area contributed by atoms with E-state index in [4.69, 9.17) is 4.74 Å². The lowest BCUT2D eigenvalue weighted by Gasteiger charge is -2.15. The molecule has 0 saturated carbocycles. The Bertz CT molecular complexity index is 699. The fraction of sp³-hybridized carbons (Fsp3) is 0.333. The van der Waals surface area contributed by atoms with E-state index in [0.29, 0.717) is 18.7 Å². The third kappa shape index (κ3) is 6.24. The monoisotopic (exact) mass is 354 g/mol. The summed E-state index contributed by atoms with van der Waals surface area (Å²) in [4.78, 5) is 24.1. The Kier molecular flexibility index (Phi) is 7.68. The fourth-order valence-corrected chi connectivity index (χ4v) is 2.70. The Morgan fingerprint density at radius 2 is 1.65 bits per heavy atom. The standard InChI is InChI=1S/C21H26N2O3/c1-3-16(17-8-6-5-7-9-17)14-20(24)22-15-21(25)23-18-10-12-19(13-11-18)26-4-2/h5-13,16H,3-4,14-15H2,1-2H3,(H,22,24)(H,23,25). The summed E-state index contributed by atoms with van der Waals surface area (Å²) in [5, 5.41) is 5.45. The van der Waals surface area contributed by atoms with Gasteiger partial charge in [-0.2, -0.15) is 0 Å². The molecule has 0 aliphatic carbocycles. The van der Waals surface area contributed by atoms with Crippen LogP contribution in [0.25, 0.3) is 0 Å². The molecule has 2 aromatic carbocycles. The SMILES string of the molecule is CCOc1ccc(NC(=O)CNC(=O)CC(CC)c2ccccc2)cc1. The van der Waals surface area contributed by atoms with Crippen LogP contribution in [-0.2, 0) is 9.59 Å². The number of rotatable bonds is 9. The molecule has 2 rings (SSSR count). The Hall–Kier alpha value is -2.82. The predicted octanol–water partition coefficient (Wildman–Crippen LogP) is 3.72. The summed E-state index contributed by atoms with van der Waals surface area (Å²) in [7, 11) is 0. The van der Waals surface area contributed by atoms with Crippen molar-refractivity contribution in [3.8, 4) is 5.75 Å². The van der Waals surface area contributed by atoms with Gasteiger partial charge in [0.05, 0.1) is 13.2 Å². The number of benzene rings is 2. The second-order valence-corrected chi connectivity index (χ2v) is 6.00. The topological polar surface area (TPSA) is 67.4 Å². The lowest BCUT2D eigenvalue weighted by atomic mass is 9.93. The van der Waals surface area contributed by atoms with Crippen LogP contribution in [0, 0.1) is 0 Å². The summed E-state index contributed by atoms with van der Waals surface area (Å²) in [6.07, 6.45) is 1.24. The maximum absolute atomic E-state index is 12.2. The quantitative estimate of drug-likeness (QED) is 0.721. The van der Waals surface area contributed by atoms with Crippen molar-refractivity contribution in [1.29, 1.82) is 0 Å². The second kappa shape index (κ2) is 10.2. The molecule has 26 heavy (non-hydrogen) atoms. The van der Waals surface area contributed by atoms with Crippen LogP contribution in [0.2, 0.25) is 0 Å². The average Bonchev–Trinajstić information content (AvgIpc) is 2.67. The molecule has 0 fully saturated rings. The average molecular weight is 354 g/mol. The third-order valence-electron chi connectivity index (χ3n) is 4.09. The molecule has 0 bridgehead atoms. The molecule has 5 heteroatoms. The van der Waals surface area contributed by atoms with Gasteiger partial charge >= 0.3 is 0 Å². The summed E-state index contributed by atoms with van der Waals surface area (Å²) in [6.45, 7) is 4.53. The Labute approximate surface area is 154 Å². The summed E-state index contributed by atoms with van der Waals surface area (Å²) >= 11 is 0. The van der Waals surface area contributed by atoms with Crippen LogP contribution in [-0.4, -0.2) is 25.0 Å². The van der Waals surface area contributed by atoms with Crippen molar-refractivity contribution in [3.05, 3.63) is 60.2 Å². The molecule has 0 aliphatic rings. The van der Waals surface area contributed by atoms with E-state index in [1.54, 1.807) is 24.3 Å². The first-order valence-corrected chi connectivity index (χ1v) is 8.96. The van der Waals surface area contributed by atoms with Crippen molar-refractivity contribution in [3.63, 3.8) is 0 Å². The smallest absolute Gasteiger partial charge is 0.243 e. The van der Waals surface area contributed by atoms with Gasteiger partial charge in [-0.25, -0.2) is 0 Å². The van der Waals surface area contributed by atoms with Gasteiger partial charge in [0.1, 0.15) is 5.75 Å². The van der Waals surface area contributed by atoms with E-state index in [-0.39, 0.29) is 24.3 Å². The first kappa shape index (κ1) is 19.5. The Morgan fingerprint density at radius 3 is 2.27 bits per heavy atom. The van der Waals surface area contributed by atoms with Crippen molar-refractivity contribution < 1.29 is 14.3 Å². The first-order valence-electron chi connectivity index (χ1n) is 8.96. The number of amides is 2. The number of nitrogens with one attached hydrogen (secondary N) is 2. The van der Waals surface area contributed by atoms with Crippen LogP contribution in [0.5, 0.6) is 5.75 Å². The van der Waals surface area contributed by atoms with Crippen LogP contribution >= 0.6 is 0 Å². The Morgan fingerprint density at radius 1 is 0.962 bits per heavy atom. The van der Waals surface area contributed by atoms with Gasteiger partial charge in [0.2, 0.25) is 11.8 Å². The molecule has 2 N–H and O–H groups in total. The highest BCUT2D eigenvalue weighted by Gasteiger charge is 2.14. The van der Waals surface area contributed by atoms with Gasteiger partial charge in [-0.3, -0.25) is 9.59 Å². The number of anilines is 1. The molecule has 1 unspecified atom stereocenters. The van der Waals surface area contributed by atoms with Gasteiger partial charge in [0.25, 0.3) is 0 Å². The molecule has 0 saturated heterocycles. The largest absolute Gasteiger partial charge is 0.494 e. The minimum absolute atomic E-state index is 0.0444. The van der Waals surface area contributed by atoms with Crippen LogP contribution in [0.3, 0.4) is 0 Å². The van der Waals surface area contributed by atoms with Crippen molar-refractivity contribution in [2.45, 2.75) is 32.6 Å². The molecule has 0 aromatic heterocycles. The van der Waals surface area contributed by atoms with E-state index in [1.165, 1.54) is 0 Å². The highest BCUT2D eigenvalue weighted by Crippen LogP contribution is 2.22. The lowest BCUT2D eigenvalue weighted by molar-refractivity contribution is -0.124. The van der Waals surface area contributed by atoms with E-state index in [9.17, 15) is 9.59 Å². The molecule has 0 spiro atoms. The van der Waals surface area contributed by atoms with Crippen molar-refractivity contribution >= 4 is 17.5 Å². The maximum Gasteiger partial charge on any atom is 0.243 e. The van der Waals surface area contributed by atoms with Gasteiger partial charge in [-0.05, 0) is 49.1 Å². The number of carbonyl (C=O) groups excluding carboxylic acids is 2. The van der Waals surface area contributed by atoms with E-state index in [2.05, 4.69) is 17.6 Å².